The number of nitrogens with one attached hydrogen (secondary N) is 3. The molecular formula is C25H25ClF2N4O3. The van der Waals surface area contributed by atoms with Crippen molar-refractivity contribution in [1.82, 2.24) is 15.6 Å². The van der Waals surface area contributed by atoms with Gasteiger partial charge < -0.3 is 15.6 Å². The summed E-state index contributed by atoms with van der Waals surface area (Å²) in [5.74, 6) is -6.37. The van der Waals surface area contributed by atoms with Gasteiger partial charge in [-0.2, -0.15) is 5.26 Å². The van der Waals surface area contributed by atoms with Crippen LogP contribution in [0.15, 0.2) is 24.3 Å². The minimum Gasteiger partial charge on any atom is -0.351 e. The van der Waals surface area contributed by atoms with Crippen LogP contribution in [0.1, 0.15) is 55.4 Å². The number of amides is 2. The number of hydrogen-bond acceptors (Lipinski definition) is 4. The Morgan fingerprint density at radius 1 is 1.26 bits per heavy atom. The van der Waals surface area contributed by atoms with Crippen molar-refractivity contribution < 1.29 is 23.2 Å². The third-order valence-corrected chi connectivity index (χ3v) is 7.79. The Balaban J connectivity index is 1.27. The highest BCUT2D eigenvalue weighted by molar-refractivity contribution is 6.35. The number of hydrogen-bond donors (Lipinski definition) is 3. The smallest absolute Gasteiger partial charge is 0.251 e. The van der Waals surface area contributed by atoms with E-state index in [-0.39, 0.29) is 48.7 Å². The number of rotatable bonds is 9. The molecule has 2 aliphatic carbocycles. The van der Waals surface area contributed by atoms with E-state index in [0.717, 1.165) is 18.2 Å². The highest BCUT2D eigenvalue weighted by atomic mass is 35.5. The van der Waals surface area contributed by atoms with Crippen LogP contribution in [0.25, 0.3) is 10.9 Å². The first-order valence-electron chi connectivity index (χ1n) is 11.8. The van der Waals surface area contributed by atoms with Crippen molar-refractivity contribution in [2.75, 3.05) is 0 Å². The van der Waals surface area contributed by atoms with E-state index in [2.05, 4.69) is 15.6 Å². The van der Waals surface area contributed by atoms with Crippen molar-refractivity contribution in [3.63, 3.8) is 0 Å². The Labute approximate surface area is 205 Å². The number of carbonyl (C=O) groups excluding carboxylic acids is 3. The number of halogens is 3. The van der Waals surface area contributed by atoms with E-state index < -0.39 is 35.5 Å². The van der Waals surface area contributed by atoms with Gasteiger partial charge in [-0.15, -0.1) is 0 Å². The molecule has 10 heteroatoms. The molecule has 2 amide bonds. The number of aromatic amines is 1. The van der Waals surface area contributed by atoms with Gasteiger partial charge >= 0.3 is 0 Å². The summed E-state index contributed by atoms with van der Waals surface area (Å²) in [6.45, 7) is 0. The van der Waals surface area contributed by atoms with Crippen molar-refractivity contribution in [3.8, 4) is 6.07 Å². The summed E-state index contributed by atoms with van der Waals surface area (Å²) < 4.78 is 27.3. The Hall–Kier alpha value is -2.99. The minimum atomic E-state index is -2.84. The zero-order valence-corrected chi connectivity index (χ0v) is 19.6. The molecule has 1 spiro atoms. The van der Waals surface area contributed by atoms with Crippen LogP contribution in [-0.2, 0) is 9.59 Å². The lowest BCUT2D eigenvalue weighted by molar-refractivity contribution is -0.127. The maximum atomic E-state index is 13.7. The van der Waals surface area contributed by atoms with E-state index in [1.54, 1.807) is 24.3 Å². The Morgan fingerprint density at radius 3 is 2.60 bits per heavy atom. The normalized spacial score (nSPS) is 25.0. The van der Waals surface area contributed by atoms with Crippen molar-refractivity contribution >= 4 is 40.1 Å². The van der Waals surface area contributed by atoms with Gasteiger partial charge in [0, 0.05) is 41.5 Å². The lowest BCUT2D eigenvalue weighted by atomic mass is 9.92. The molecular weight excluding hydrogens is 478 g/mol. The van der Waals surface area contributed by atoms with Gasteiger partial charge in [0.1, 0.15) is 6.04 Å². The summed E-state index contributed by atoms with van der Waals surface area (Å²) in [4.78, 5) is 41.3. The first-order chi connectivity index (χ1) is 16.6. The number of para-hydroxylation sites is 1. The maximum absolute atomic E-state index is 13.7. The number of nitriles is 1. The van der Waals surface area contributed by atoms with Crippen LogP contribution >= 0.6 is 11.6 Å². The van der Waals surface area contributed by atoms with Crippen LogP contribution in [0, 0.1) is 29.1 Å². The van der Waals surface area contributed by atoms with E-state index in [1.807, 2.05) is 6.07 Å². The molecule has 7 nitrogen and oxygen atoms in total. The molecule has 0 bridgehead atoms. The molecule has 3 N–H and O–H groups in total. The molecule has 4 unspecified atom stereocenters. The number of carbonyl (C=O) groups is 3. The number of H-pyrrole nitrogens is 1. The highest BCUT2D eigenvalue weighted by Gasteiger charge is 2.57. The molecule has 1 aliphatic heterocycles. The number of ketones is 1. The number of fused-ring (bicyclic) bond motifs is 1. The van der Waals surface area contributed by atoms with Crippen LogP contribution in [0.3, 0.4) is 0 Å². The number of Topliss-reactive ketones (excluding diaryl/α,β-unsaturated/α-hetero) is 1. The third-order valence-electron chi connectivity index (χ3n) is 7.48. The van der Waals surface area contributed by atoms with E-state index in [0.29, 0.717) is 17.0 Å². The van der Waals surface area contributed by atoms with Crippen LogP contribution in [0.2, 0.25) is 5.02 Å². The van der Waals surface area contributed by atoms with Crippen molar-refractivity contribution in [2.45, 2.75) is 62.4 Å². The first kappa shape index (κ1) is 23.7. The summed E-state index contributed by atoms with van der Waals surface area (Å²) >= 11 is 6.17. The molecule has 1 saturated heterocycles. The quantitative estimate of drug-likeness (QED) is 0.447. The fraction of sp³-hybridized carbons (Fsp3) is 0.520. The fourth-order valence-corrected chi connectivity index (χ4v) is 5.35. The second-order valence-electron chi connectivity index (χ2n) is 10.2. The van der Waals surface area contributed by atoms with Gasteiger partial charge in [-0.3, -0.25) is 14.4 Å². The van der Waals surface area contributed by atoms with Gasteiger partial charge in [-0.1, -0.05) is 23.7 Å². The second kappa shape index (κ2) is 8.59. The Bertz CT molecular complexity index is 1250. The van der Waals surface area contributed by atoms with Crippen molar-refractivity contribution in [2.24, 2.45) is 17.8 Å². The van der Waals surface area contributed by atoms with Gasteiger partial charge in [0.2, 0.25) is 11.8 Å². The van der Waals surface area contributed by atoms with E-state index in [4.69, 9.17) is 11.6 Å². The predicted octanol–water partition coefficient (Wildman–Crippen LogP) is 4.12. The predicted molar refractivity (Wildman–Crippen MR) is 124 cm³/mol. The molecule has 184 valence electrons. The van der Waals surface area contributed by atoms with Gasteiger partial charge in [0.25, 0.3) is 5.92 Å². The van der Waals surface area contributed by atoms with Gasteiger partial charge in [-0.25, -0.2) is 8.78 Å². The number of benzene rings is 1. The Kier molecular flexibility index (Phi) is 5.83. The van der Waals surface area contributed by atoms with E-state index in [9.17, 15) is 28.4 Å². The second-order valence-corrected chi connectivity index (χ2v) is 10.6. The average Bonchev–Trinajstić information content (AvgIpc) is 3.56. The van der Waals surface area contributed by atoms with Crippen LogP contribution in [0.5, 0.6) is 0 Å². The van der Waals surface area contributed by atoms with Gasteiger partial charge in [-0.05, 0) is 44.2 Å². The molecule has 1 aromatic heterocycles. The van der Waals surface area contributed by atoms with Crippen LogP contribution in [-0.4, -0.2) is 40.1 Å². The summed E-state index contributed by atoms with van der Waals surface area (Å²) in [6.07, 6.45) is 1.84. The molecule has 1 aromatic carbocycles. The minimum absolute atomic E-state index is 0.126. The summed E-state index contributed by atoms with van der Waals surface area (Å²) in [6, 6.07) is 7.89. The van der Waals surface area contributed by atoms with Crippen molar-refractivity contribution in [3.05, 3.63) is 35.0 Å². The summed E-state index contributed by atoms with van der Waals surface area (Å²) in [5, 5.41) is 16.3. The van der Waals surface area contributed by atoms with Crippen LogP contribution < -0.4 is 10.6 Å². The molecule has 2 aromatic rings. The van der Waals surface area contributed by atoms with Crippen molar-refractivity contribution in [1.29, 1.82) is 5.26 Å². The number of aromatic nitrogens is 1. The van der Waals surface area contributed by atoms with E-state index >= 15 is 0 Å². The zero-order chi connectivity index (χ0) is 25.0. The molecule has 35 heavy (non-hydrogen) atoms. The largest absolute Gasteiger partial charge is 0.351 e. The fourth-order valence-electron chi connectivity index (χ4n) is 5.12. The number of nitrogens with zero attached hydrogens (tertiary/aromatic N) is 1. The molecule has 0 radical (unpaired) electrons. The summed E-state index contributed by atoms with van der Waals surface area (Å²) in [7, 11) is 0. The van der Waals surface area contributed by atoms with Gasteiger partial charge in [0.05, 0.1) is 22.3 Å². The third kappa shape index (κ3) is 4.90. The molecule has 2 heterocycles. The zero-order valence-electron chi connectivity index (χ0n) is 18.9. The van der Waals surface area contributed by atoms with Crippen LogP contribution in [0.4, 0.5) is 8.78 Å². The lowest BCUT2D eigenvalue weighted by Crippen LogP contribution is -2.41. The monoisotopic (exact) mass is 502 g/mol. The van der Waals surface area contributed by atoms with E-state index in [1.165, 1.54) is 0 Å². The van der Waals surface area contributed by atoms with Gasteiger partial charge in [0.15, 0.2) is 5.78 Å². The maximum Gasteiger partial charge on any atom is 0.251 e. The molecule has 3 fully saturated rings. The topological polar surface area (TPSA) is 115 Å². The SMILES string of the molecule is N#CC(CC1CC2(CC2)NC1=O)NC(=O)C(CC(=O)c1cc2cccc(Cl)c2[nH]1)CC1CC1(F)F. The molecule has 2 saturated carbocycles. The number of alkyl halides is 2. The average molecular weight is 503 g/mol. The molecule has 5 rings (SSSR count). The molecule has 4 atom stereocenters. The Morgan fingerprint density at radius 2 is 2.00 bits per heavy atom. The standard InChI is InChI=1S/C25H25ClF2N4O3/c26-18-3-1-2-13-8-19(31-21(13)18)20(33)9-14(6-16-11-25(16,27)28)22(34)30-17(12-29)7-15-10-24(4-5-24)32-23(15)35/h1-3,8,14-17,31H,4-7,9-11H2,(H,30,34)(H,32,35). The molecule has 3 aliphatic rings. The highest BCUT2D eigenvalue weighted by Crippen LogP contribution is 2.52. The lowest BCUT2D eigenvalue weighted by Gasteiger charge is -2.20. The summed E-state index contributed by atoms with van der Waals surface area (Å²) in [5.41, 5.74) is 0.670. The first-order valence-corrected chi connectivity index (χ1v) is 12.2.